The lowest BCUT2D eigenvalue weighted by Crippen LogP contribution is -2.25. The van der Waals surface area contributed by atoms with Crippen LogP contribution in [0.25, 0.3) is 0 Å². The van der Waals surface area contributed by atoms with Crippen molar-refractivity contribution in [2.75, 3.05) is 26.4 Å². The minimum Gasteiger partial charge on any atom is -0.462 e. The van der Waals surface area contributed by atoms with Gasteiger partial charge < -0.3 is 19.7 Å². The highest BCUT2D eigenvalue weighted by Gasteiger charge is 2.32. The maximum atomic E-state index is 11.9. The SMILES string of the molecule is C=C(CO)C(=O)OCCCC1=CC(CCCOC(=O)C(=C)CO)C2CCC(C3CCC(CCCCC)CC3)=CC2=C1. The van der Waals surface area contributed by atoms with Crippen molar-refractivity contribution >= 4 is 11.9 Å². The summed E-state index contributed by atoms with van der Waals surface area (Å²) >= 11 is 0. The Morgan fingerprint density at radius 2 is 1.51 bits per heavy atom. The van der Waals surface area contributed by atoms with Gasteiger partial charge in [0.15, 0.2) is 0 Å². The van der Waals surface area contributed by atoms with Crippen LogP contribution < -0.4 is 0 Å². The lowest BCUT2D eigenvalue weighted by atomic mass is 9.68. The largest absolute Gasteiger partial charge is 0.462 e. The van der Waals surface area contributed by atoms with Crippen molar-refractivity contribution in [2.45, 2.75) is 96.8 Å². The number of ether oxygens (including phenoxy) is 2. The maximum Gasteiger partial charge on any atom is 0.335 e. The maximum absolute atomic E-state index is 11.9. The number of hydrogen-bond donors (Lipinski definition) is 2. The molecule has 2 unspecified atom stereocenters. The van der Waals surface area contributed by atoms with E-state index in [9.17, 15) is 9.59 Å². The predicted molar refractivity (Wildman–Crippen MR) is 163 cm³/mol. The van der Waals surface area contributed by atoms with Crippen molar-refractivity contribution in [3.05, 3.63) is 59.3 Å². The third-order valence-electron chi connectivity index (χ3n) is 9.13. The Balaban J connectivity index is 1.61. The number of allylic oxidation sites excluding steroid dienone is 6. The van der Waals surface area contributed by atoms with E-state index in [1.54, 1.807) is 5.57 Å². The molecule has 2 N–H and O–H groups in total. The highest BCUT2D eigenvalue weighted by Crippen LogP contribution is 2.45. The number of carbonyl (C=O) groups excluding carboxylic acids is 2. The first-order valence-corrected chi connectivity index (χ1v) is 15.9. The van der Waals surface area contributed by atoms with E-state index in [2.05, 4.69) is 38.3 Å². The second kappa shape index (κ2) is 17.5. The number of esters is 2. The zero-order chi connectivity index (χ0) is 29.6. The molecule has 6 heteroatoms. The Kier molecular flexibility index (Phi) is 14.1. The summed E-state index contributed by atoms with van der Waals surface area (Å²) in [5.41, 5.74) is 4.48. The highest BCUT2D eigenvalue weighted by molar-refractivity contribution is 5.88. The van der Waals surface area contributed by atoms with E-state index >= 15 is 0 Å². The Hall–Kier alpha value is -2.44. The van der Waals surface area contributed by atoms with E-state index in [4.69, 9.17) is 19.7 Å². The van der Waals surface area contributed by atoms with Crippen LogP contribution in [-0.2, 0) is 19.1 Å². The molecule has 0 aromatic carbocycles. The quantitative estimate of drug-likeness (QED) is 0.112. The third kappa shape index (κ3) is 10.4. The molecule has 6 nitrogen and oxygen atoms in total. The lowest BCUT2D eigenvalue weighted by molar-refractivity contribution is -0.140. The summed E-state index contributed by atoms with van der Waals surface area (Å²) in [5, 5.41) is 18.2. The van der Waals surface area contributed by atoms with Crippen molar-refractivity contribution in [3.8, 4) is 0 Å². The van der Waals surface area contributed by atoms with Crippen LogP contribution >= 0.6 is 0 Å². The summed E-state index contributed by atoms with van der Waals surface area (Å²) in [5.74, 6) is 1.40. The van der Waals surface area contributed by atoms with Crippen molar-refractivity contribution in [3.63, 3.8) is 0 Å². The molecular weight excluding hydrogens is 516 g/mol. The molecule has 0 spiro atoms. The monoisotopic (exact) mass is 568 g/mol. The molecule has 0 saturated heterocycles. The van der Waals surface area contributed by atoms with Gasteiger partial charge in [0.05, 0.1) is 37.6 Å². The summed E-state index contributed by atoms with van der Waals surface area (Å²) in [6.45, 7) is 9.17. The summed E-state index contributed by atoms with van der Waals surface area (Å²) in [7, 11) is 0. The van der Waals surface area contributed by atoms with Gasteiger partial charge >= 0.3 is 11.9 Å². The van der Waals surface area contributed by atoms with Crippen molar-refractivity contribution < 1.29 is 29.3 Å². The predicted octanol–water partition coefficient (Wildman–Crippen LogP) is 6.94. The van der Waals surface area contributed by atoms with E-state index < -0.39 is 18.5 Å². The van der Waals surface area contributed by atoms with Crippen LogP contribution in [0.5, 0.6) is 0 Å². The van der Waals surface area contributed by atoms with Crippen molar-refractivity contribution in [2.24, 2.45) is 23.7 Å². The molecular formula is C35H52O6. The van der Waals surface area contributed by atoms with Crippen LogP contribution in [0.3, 0.4) is 0 Å². The van der Waals surface area contributed by atoms with Gasteiger partial charge in [0.25, 0.3) is 0 Å². The Bertz CT molecular complexity index is 994. The molecule has 1 saturated carbocycles. The molecule has 0 bridgehead atoms. The molecule has 0 aliphatic heterocycles. The van der Waals surface area contributed by atoms with Gasteiger partial charge in [-0.05, 0) is 93.5 Å². The third-order valence-corrected chi connectivity index (χ3v) is 9.13. The molecule has 228 valence electrons. The number of rotatable bonds is 17. The van der Waals surface area contributed by atoms with Gasteiger partial charge in [-0.1, -0.05) is 75.1 Å². The fourth-order valence-electron chi connectivity index (χ4n) is 6.67. The van der Waals surface area contributed by atoms with Gasteiger partial charge in [0.1, 0.15) is 0 Å². The second-order valence-corrected chi connectivity index (χ2v) is 12.2. The summed E-state index contributed by atoms with van der Waals surface area (Å²) < 4.78 is 10.5. The van der Waals surface area contributed by atoms with E-state index in [-0.39, 0.29) is 17.8 Å². The summed E-state index contributed by atoms with van der Waals surface area (Å²) in [6.07, 6.45) is 23.6. The van der Waals surface area contributed by atoms with Crippen LogP contribution in [0, 0.1) is 23.7 Å². The minimum absolute atomic E-state index is 0.0741. The molecule has 2 atom stereocenters. The smallest absolute Gasteiger partial charge is 0.335 e. The summed E-state index contributed by atoms with van der Waals surface area (Å²) in [6, 6.07) is 0. The van der Waals surface area contributed by atoms with Crippen LogP contribution in [-0.4, -0.2) is 48.6 Å². The molecule has 0 radical (unpaired) electrons. The zero-order valence-corrected chi connectivity index (χ0v) is 25.2. The van der Waals surface area contributed by atoms with Gasteiger partial charge in [-0.15, -0.1) is 0 Å². The molecule has 3 rings (SSSR count). The number of aliphatic hydroxyl groups excluding tert-OH is 2. The molecule has 0 aromatic rings. The van der Waals surface area contributed by atoms with Crippen molar-refractivity contribution in [1.82, 2.24) is 0 Å². The molecule has 3 aliphatic rings. The van der Waals surface area contributed by atoms with E-state index in [1.165, 1.54) is 68.9 Å². The van der Waals surface area contributed by atoms with E-state index in [1.807, 2.05) is 0 Å². The Labute approximate surface area is 247 Å². The van der Waals surface area contributed by atoms with Crippen LogP contribution in [0.15, 0.2) is 59.3 Å². The highest BCUT2D eigenvalue weighted by atomic mass is 16.5. The van der Waals surface area contributed by atoms with Gasteiger partial charge in [-0.3, -0.25) is 0 Å². The molecule has 41 heavy (non-hydrogen) atoms. The second-order valence-electron chi connectivity index (χ2n) is 12.2. The number of carbonyl (C=O) groups is 2. The summed E-state index contributed by atoms with van der Waals surface area (Å²) in [4.78, 5) is 23.7. The molecule has 0 heterocycles. The van der Waals surface area contributed by atoms with Gasteiger partial charge in [-0.25, -0.2) is 9.59 Å². The first-order chi connectivity index (χ1) is 19.9. The fraction of sp³-hybridized carbons (Fsp3) is 0.657. The van der Waals surface area contributed by atoms with Crippen LogP contribution in [0.2, 0.25) is 0 Å². The molecule has 0 aromatic heterocycles. The van der Waals surface area contributed by atoms with Gasteiger partial charge in [0.2, 0.25) is 0 Å². The van der Waals surface area contributed by atoms with E-state index in [0.29, 0.717) is 37.4 Å². The van der Waals surface area contributed by atoms with Gasteiger partial charge in [0, 0.05) is 0 Å². The number of fused-ring (bicyclic) bond motifs is 1. The topological polar surface area (TPSA) is 93.1 Å². The van der Waals surface area contributed by atoms with E-state index in [0.717, 1.165) is 31.6 Å². The number of unbranched alkanes of at least 4 members (excludes halogenated alkanes) is 2. The van der Waals surface area contributed by atoms with Crippen LogP contribution in [0.1, 0.15) is 96.8 Å². The Morgan fingerprint density at radius 3 is 2.15 bits per heavy atom. The minimum atomic E-state index is -0.542. The first-order valence-electron chi connectivity index (χ1n) is 15.9. The standard InChI is InChI=1S/C35H52O6/c1-4-5-6-9-27-12-14-29(15-13-27)30-16-17-33-31(11-8-19-41-35(39)26(3)24-37)20-28(21-32(33)22-30)10-7-18-40-34(38)25(2)23-36/h20-22,27,29,31,33,36-37H,2-19,23-24H2,1H3. The normalized spacial score (nSPS) is 23.9. The van der Waals surface area contributed by atoms with Gasteiger partial charge in [-0.2, -0.15) is 0 Å². The van der Waals surface area contributed by atoms with Crippen molar-refractivity contribution in [1.29, 1.82) is 0 Å². The molecule has 1 fully saturated rings. The average Bonchev–Trinajstić information content (AvgIpc) is 3.00. The number of hydrogen-bond acceptors (Lipinski definition) is 6. The molecule has 3 aliphatic carbocycles. The Morgan fingerprint density at radius 1 is 0.854 bits per heavy atom. The molecule has 0 amide bonds. The first kappa shape index (κ1) is 33.1. The van der Waals surface area contributed by atoms with Crippen LogP contribution in [0.4, 0.5) is 0 Å². The fourth-order valence-corrected chi connectivity index (χ4v) is 6.67. The lowest BCUT2D eigenvalue weighted by Gasteiger charge is -2.37. The average molecular weight is 569 g/mol. The number of aliphatic hydroxyl groups is 2. The zero-order valence-electron chi connectivity index (χ0n) is 25.2.